The number of alkyl halides is 3. The maximum atomic E-state index is 12.9. The summed E-state index contributed by atoms with van der Waals surface area (Å²) in [6.45, 7) is 2.31. The van der Waals surface area contributed by atoms with Crippen LogP contribution in [0.2, 0.25) is 0 Å². The van der Waals surface area contributed by atoms with E-state index in [-0.39, 0.29) is 23.6 Å². The number of nitrogens with one attached hydrogen (secondary N) is 1. The van der Waals surface area contributed by atoms with Gasteiger partial charge < -0.3 is 19.2 Å². The number of halogens is 3. The van der Waals surface area contributed by atoms with Gasteiger partial charge in [0.25, 0.3) is 5.56 Å². The highest BCUT2D eigenvalue weighted by molar-refractivity contribution is 5.94. The molecule has 2 aromatic heterocycles. The molecule has 1 amide bonds. The Morgan fingerprint density at radius 3 is 2.40 bits per heavy atom. The van der Waals surface area contributed by atoms with E-state index in [4.69, 9.17) is 4.74 Å². The molecule has 0 saturated carbocycles. The number of hydrogen-bond acceptors (Lipinski definition) is 3. The largest absolute Gasteiger partial charge is 0.457 e. The molecule has 0 atom stereocenters. The van der Waals surface area contributed by atoms with Crippen LogP contribution < -0.4 is 15.6 Å². The molecule has 0 unspecified atom stereocenters. The van der Waals surface area contributed by atoms with Crippen LogP contribution >= 0.6 is 0 Å². The molecule has 2 aromatic carbocycles. The summed E-state index contributed by atoms with van der Waals surface area (Å²) in [5.74, 6) is 0.628. The zero-order valence-electron chi connectivity index (χ0n) is 19.4. The summed E-state index contributed by atoms with van der Waals surface area (Å²) in [5, 5.41) is 2.61. The molecule has 35 heavy (non-hydrogen) atoms. The molecule has 6 nitrogen and oxygen atoms in total. The number of carbonyl (C=O) groups is 1. The molecule has 1 N–H and O–H groups in total. The Labute approximate surface area is 199 Å². The smallest absolute Gasteiger partial charge is 0.416 e. The summed E-state index contributed by atoms with van der Waals surface area (Å²) >= 11 is 0. The maximum Gasteiger partial charge on any atom is 0.416 e. The van der Waals surface area contributed by atoms with Gasteiger partial charge >= 0.3 is 6.18 Å². The van der Waals surface area contributed by atoms with E-state index in [1.807, 2.05) is 23.8 Å². The molecule has 0 saturated heterocycles. The van der Waals surface area contributed by atoms with Gasteiger partial charge in [-0.25, -0.2) is 0 Å². The van der Waals surface area contributed by atoms with Gasteiger partial charge in [-0.05, 0) is 60.5 Å². The predicted octanol–water partition coefficient (Wildman–Crippen LogP) is 5.26. The maximum absolute atomic E-state index is 12.9. The lowest BCUT2D eigenvalue weighted by atomic mass is 10.0. The van der Waals surface area contributed by atoms with Crippen LogP contribution in [0.3, 0.4) is 0 Å². The molecular weight excluding hydrogens is 459 g/mol. The van der Waals surface area contributed by atoms with Gasteiger partial charge in [-0.1, -0.05) is 6.07 Å². The standard InChI is InChI=1S/C26H24F3N3O3/c1-16-12-17(14-20(13-16)35-19-6-4-18(5-7-19)26(27,28)29)21-15-32(11-10-23(33)30-2)22-8-9-24(34)31(3)25(21)22/h4-9,12-15H,10-11H2,1-3H3,(H,30,33). The lowest BCUT2D eigenvalue weighted by Gasteiger charge is -2.11. The summed E-state index contributed by atoms with van der Waals surface area (Å²) in [4.78, 5) is 24.2. The molecule has 0 bridgehead atoms. The van der Waals surface area contributed by atoms with Crippen molar-refractivity contribution in [2.45, 2.75) is 26.1 Å². The van der Waals surface area contributed by atoms with Crippen LogP contribution in [0.15, 0.2) is 65.6 Å². The highest BCUT2D eigenvalue weighted by Gasteiger charge is 2.30. The molecule has 182 valence electrons. The Bertz CT molecular complexity index is 1450. The number of aromatic nitrogens is 2. The van der Waals surface area contributed by atoms with Crippen LogP contribution in [-0.2, 0) is 24.6 Å². The molecule has 9 heteroatoms. The molecule has 4 aromatic rings. The number of amides is 1. The summed E-state index contributed by atoms with van der Waals surface area (Å²) < 4.78 is 47.9. The fraction of sp³-hybridized carbons (Fsp3) is 0.231. The molecular formula is C26H24F3N3O3. The Morgan fingerprint density at radius 1 is 1.03 bits per heavy atom. The first-order chi connectivity index (χ1) is 16.6. The topological polar surface area (TPSA) is 65.3 Å². The second-order valence-electron chi connectivity index (χ2n) is 8.28. The molecule has 0 aliphatic heterocycles. The highest BCUT2D eigenvalue weighted by Crippen LogP contribution is 2.35. The van der Waals surface area contributed by atoms with Gasteiger partial charge in [0.1, 0.15) is 11.5 Å². The van der Waals surface area contributed by atoms with Gasteiger partial charge in [0.15, 0.2) is 0 Å². The van der Waals surface area contributed by atoms with Gasteiger partial charge in [0, 0.05) is 44.9 Å². The number of nitrogens with zero attached hydrogens (tertiary/aromatic N) is 2. The number of rotatable bonds is 6. The van der Waals surface area contributed by atoms with Crippen molar-refractivity contribution in [3.63, 3.8) is 0 Å². The Hall–Kier alpha value is -4.01. The average Bonchev–Trinajstić information content (AvgIpc) is 3.18. The molecule has 0 radical (unpaired) electrons. The van der Waals surface area contributed by atoms with E-state index in [9.17, 15) is 22.8 Å². The number of ether oxygens (including phenoxy) is 1. The number of pyridine rings is 1. The van der Waals surface area contributed by atoms with Crippen LogP contribution in [0, 0.1) is 6.92 Å². The number of fused-ring (bicyclic) bond motifs is 1. The first-order valence-electron chi connectivity index (χ1n) is 10.9. The van der Waals surface area contributed by atoms with E-state index in [0.717, 1.165) is 34.3 Å². The Morgan fingerprint density at radius 2 is 1.74 bits per heavy atom. The molecule has 0 spiro atoms. The van der Waals surface area contributed by atoms with E-state index >= 15 is 0 Å². The quantitative estimate of drug-likeness (QED) is 0.407. The van der Waals surface area contributed by atoms with E-state index < -0.39 is 11.7 Å². The fourth-order valence-corrected chi connectivity index (χ4v) is 4.01. The summed E-state index contributed by atoms with van der Waals surface area (Å²) in [6, 6.07) is 13.2. The van der Waals surface area contributed by atoms with Crippen molar-refractivity contribution in [2.75, 3.05) is 7.05 Å². The van der Waals surface area contributed by atoms with Crippen LogP contribution in [0.25, 0.3) is 22.2 Å². The van der Waals surface area contributed by atoms with Gasteiger partial charge in [-0.15, -0.1) is 0 Å². The minimum absolute atomic E-state index is 0.0963. The summed E-state index contributed by atoms with van der Waals surface area (Å²) in [7, 11) is 3.27. The molecule has 2 heterocycles. The SMILES string of the molecule is CNC(=O)CCn1cc(-c2cc(C)cc(Oc3ccc(C(F)(F)F)cc3)c2)c2c1ccc(=O)n2C. The molecule has 0 fully saturated rings. The summed E-state index contributed by atoms with van der Waals surface area (Å²) in [6.07, 6.45) is -2.25. The van der Waals surface area contributed by atoms with E-state index in [1.54, 1.807) is 36.9 Å². The fourth-order valence-electron chi connectivity index (χ4n) is 4.01. The van der Waals surface area contributed by atoms with Crippen molar-refractivity contribution < 1.29 is 22.7 Å². The summed E-state index contributed by atoms with van der Waals surface area (Å²) in [5.41, 5.74) is 3.02. The minimum atomic E-state index is -4.42. The van der Waals surface area contributed by atoms with Crippen molar-refractivity contribution in [3.8, 4) is 22.6 Å². The third-order valence-corrected chi connectivity index (χ3v) is 5.78. The van der Waals surface area contributed by atoms with E-state index in [0.29, 0.717) is 17.8 Å². The number of carbonyl (C=O) groups excluding carboxylic acids is 1. The lowest BCUT2D eigenvalue weighted by Crippen LogP contribution is -2.19. The molecule has 4 rings (SSSR count). The average molecular weight is 483 g/mol. The van der Waals surface area contributed by atoms with Gasteiger partial charge in [0.05, 0.1) is 16.6 Å². The molecule has 0 aliphatic carbocycles. The van der Waals surface area contributed by atoms with Crippen molar-refractivity contribution >= 4 is 16.9 Å². The number of hydrogen-bond donors (Lipinski definition) is 1. The second kappa shape index (κ2) is 9.32. The first kappa shape index (κ1) is 24.1. The van der Waals surface area contributed by atoms with Gasteiger partial charge in [-0.2, -0.15) is 13.2 Å². The van der Waals surface area contributed by atoms with Gasteiger partial charge in [0.2, 0.25) is 5.91 Å². The van der Waals surface area contributed by atoms with Crippen LogP contribution in [0.1, 0.15) is 17.5 Å². The van der Waals surface area contributed by atoms with Crippen LogP contribution in [0.5, 0.6) is 11.5 Å². The highest BCUT2D eigenvalue weighted by atomic mass is 19.4. The normalized spacial score (nSPS) is 11.6. The number of aryl methyl sites for hydroxylation is 3. The van der Waals surface area contributed by atoms with Crippen molar-refractivity contribution in [2.24, 2.45) is 7.05 Å². The first-order valence-corrected chi connectivity index (χ1v) is 10.9. The zero-order valence-corrected chi connectivity index (χ0v) is 19.4. The van der Waals surface area contributed by atoms with Crippen molar-refractivity contribution in [1.29, 1.82) is 0 Å². The van der Waals surface area contributed by atoms with Crippen molar-refractivity contribution in [1.82, 2.24) is 14.5 Å². The lowest BCUT2D eigenvalue weighted by molar-refractivity contribution is -0.137. The van der Waals surface area contributed by atoms with Gasteiger partial charge in [-0.3, -0.25) is 9.59 Å². The second-order valence-corrected chi connectivity index (χ2v) is 8.28. The Balaban J connectivity index is 1.75. The van der Waals surface area contributed by atoms with Crippen molar-refractivity contribution in [3.05, 3.63) is 82.3 Å². The van der Waals surface area contributed by atoms with E-state index in [1.165, 1.54) is 18.2 Å². The minimum Gasteiger partial charge on any atom is -0.457 e. The third kappa shape index (κ3) is 5.08. The predicted molar refractivity (Wildman–Crippen MR) is 128 cm³/mol. The molecule has 0 aliphatic rings. The van der Waals surface area contributed by atoms with Crippen LogP contribution in [-0.4, -0.2) is 22.1 Å². The van der Waals surface area contributed by atoms with E-state index in [2.05, 4.69) is 5.32 Å². The Kier molecular flexibility index (Phi) is 6.43. The van der Waals surface area contributed by atoms with Crippen LogP contribution in [0.4, 0.5) is 13.2 Å². The zero-order chi connectivity index (χ0) is 25.3. The number of benzene rings is 2. The third-order valence-electron chi connectivity index (χ3n) is 5.78. The monoisotopic (exact) mass is 483 g/mol.